The fourth-order valence-corrected chi connectivity index (χ4v) is 3.44. The van der Waals surface area contributed by atoms with Gasteiger partial charge in [-0.25, -0.2) is 0 Å². The zero-order chi connectivity index (χ0) is 16.1. The summed E-state index contributed by atoms with van der Waals surface area (Å²) < 4.78 is 0.657. The number of thiocarbonyl (C=S) groups is 1. The molecule has 1 aliphatic heterocycles. The molecule has 1 saturated heterocycles. The van der Waals surface area contributed by atoms with Crippen molar-refractivity contribution in [1.29, 1.82) is 0 Å². The van der Waals surface area contributed by atoms with Gasteiger partial charge < -0.3 is 5.32 Å². The van der Waals surface area contributed by atoms with Crippen LogP contribution in [0.25, 0.3) is 0 Å². The first-order valence-corrected chi connectivity index (χ1v) is 8.71. The van der Waals surface area contributed by atoms with Crippen molar-refractivity contribution in [3.05, 3.63) is 29.3 Å². The summed E-state index contributed by atoms with van der Waals surface area (Å²) in [5.74, 6) is 0.540. The van der Waals surface area contributed by atoms with Crippen LogP contribution in [0.5, 0.6) is 0 Å². The van der Waals surface area contributed by atoms with Gasteiger partial charge in [-0.1, -0.05) is 41.7 Å². The van der Waals surface area contributed by atoms with Crippen LogP contribution < -0.4 is 5.32 Å². The first-order valence-electron chi connectivity index (χ1n) is 7.31. The Bertz CT molecular complexity index is 586. The van der Waals surface area contributed by atoms with Gasteiger partial charge in [-0.15, -0.1) is 0 Å². The first kappa shape index (κ1) is 17.0. The molecule has 0 bridgehead atoms. The van der Waals surface area contributed by atoms with Crippen LogP contribution in [0.3, 0.4) is 0 Å². The number of thioether (sulfide) groups is 1. The molecule has 0 saturated carbocycles. The van der Waals surface area contributed by atoms with E-state index in [1.165, 1.54) is 17.3 Å². The van der Waals surface area contributed by atoms with Gasteiger partial charge >= 0.3 is 0 Å². The van der Waals surface area contributed by atoms with E-state index in [9.17, 15) is 9.59 Å². The normalized spacial score (nSPS) is 14.5. The van der Waals surface area contributed by atoms with Crippen LogP contribution in [0.1, 0.15) is 30.4 Å². The third-order valence-corrected chi connectivity index (χ3v) is 4.96. The summed E-state index contributed by atoms with van der Waals surface area (Å²) in [5, 5.41) is 2.93. The second kappa shape index (κ2) is 7.74. The van der Waals surface area contributed by atoms with E-state index in [4.69, 9.17) is 12.2 Å². The summed E-state index contributed by atoms with van der Waals surface area (Å²) in [4.78, 5) is 25.2. The van der Waals surface area contributed by atoms with Crippen molar-refractivity contribution >= 4 is 45.8 Å². The Morgan fingerprint density at radius 2 is 2.14 bits per heavy atom. The number of nitrogens with one attached hydrogen (secondary N) is 1. The van der Waals surface area contributed by atoms with Crippen molar-refractivity contribution in [2.75, 3.05) is 17.6 Å². The van der Waals surface area contributed by atoms with Gasteiger partial charge in [0.2, 0.25) is 11.8 Å². The molecule has 0 radical (unpaired) electrons. The van der Waals surface area contributed by atoms with E-state index < -0.39 is 0 Å². The molecule has 0 aliphatic carbocycles. The summed E-state index contributed by atoms with van der Waals surface area (Å²) in [7, 11) is 0. The molecule has 1 aromatic rings. The third-order valence-electron chi connectivity index (χ3n) is 3.53. The number of carbonyl (C=O) groups is 2. The molecule has 2 rings (SSSR count). The highest BCUT2D eigenvalue weighted by atomic mass is 32.2. The zero-order valence-corrected chi connectivity index (χ0v) is 14.5. The molecular weight excluding hydrogens is 316 g/mol. The van der Waals surface area contributed by atoms with Crippen LogP contribution in [0, 0.1) is 13.8 Å². The first-order chi connectivity index (χ1) is 10.5. The summed E-state index contributed by atoms with van der Waals surface area (Å²) in [6.07, 6.45) is 1.98. The zero-order valence-electron chi connectivity index (χ0n) is 12.8. The molecule has 1 N–H and O–H groups in total. The predicted molar refractivity (Wildman–Crippen MR) is 95.2 cm³/mol. The average molecular weight is 336 g/mol. The monoisotopic (exact) mass is 336 g/mol. The van der Waals surface area contributed by atoms with Crippen molar-refractivity contribution in [2.24, 2.45) is 0 Å². The van der Waals surface area contributed by atoms with E-state index in [1.807, 2.05) is 32.0 Å². The van der Waals surface area contributed by atoms with Crippen molar-refractivity contribution in [2.45, 2.75) is 33.1 Å². The minimum absolute atomic E-state index is 0.0108. The molecule has 4 nitrogen and oxygen atoms in total. The van der Waals surface area contributed by atoms with Crippen LogP contribution >= 0.6 is 24.0 Å². The molecule has 22 heavy (non-hydrogen) atoms. The lowest BCUT2D eigenvalue weighted by atomic mass is 10.1. The highest BCUT2D eigenvalue weighted by Crippen LogP contribution is 2.20. The van der Waals surface area contributed by atoms with Crippen molar-refractivity contribution in [3.8, 4) is 0 Å². The van der Waals surface area contributed by atoms with Gasteiger partial charge in [0.1, 0.15) is 4.32 Å². The number of rotatable bonds is 6. The van der Waals surface area contributed by atoms with Gasteiger partial charge in [-0.3, -0.25) is 14.5 Å². The van der Waals surface area contributed by atoms with Crippen LogP contribution in [0.2, 0.25) is 0 Å². The van der Waals surface area contributed by atoms with Gasteiger partial charge in [0, 0.05) is 18.7 Å². The minimum atomic E-state index is 0.0108. The molecule has 0 spiro atoms. The van der Waals surface area contributed by atoms with Gasteiger partial charge in [-0.2, -0.15) is 0 Å². The van der Waals surface area contributed by atoms with E-state index >= 15 is 0 Å². The number of amides is 2. The summed E-state index contributed by atoms with van der Waals surface area (Å²) >= 11 is 6.53. The van der Waals surface area contributed by atoms with E-state index in [1.54, 1.807) is 4.90 Å². The highest BCUT2D eigenvalue weighted by Gasteiger charge is 2.25. The summed E-state index contributed by atoms with van der Waals surface area (Å²) in [5.41, 5.74) is 3.11. The quantitative estimate of drug-likeness (QED) is 0.640. The fraction of sp³-hybridized carbons (Fsp3) is 0.438. The lowest BCUT2D eigenvalue weighted by molar-refractivity contribution is -0.124. The van der Waals surface area contributed by atoms with Gasteiger partial charge in [-0.05, 0) is 38.3 Å². The number of hydrogen-bond acceptors (Lipinski definition) is 4. The molecule has 1 aromatic carbocycles. The number of hydrogen-bond donors (Lipinski definition) is 1. The Kier molecular flexibility index (Phi) is 5.97. The second-order valence-electron chi connectivity index (χ2n) is 5.42. The number of carbonyl (C=O) groups excluding carboxylic acids is 2. The van der Waals surface area contributed by atoms with E-state index in [2.05, 4.69) is 5.32 Å². The molecule has 0 unspecified atom stereocenters. The number of nitrogens with zero attached hydrogens (tertiary/aromatic N) is 1. The summed E-state index contributed by atoms with van der Waals surface area (Å²) in [6.45, 7) is 4.63. The molecule has 1 fully saturated rings. The molecule has 2 amide bonds. The second-order valence-corrected chi connectivity index (χ2v) is 7.03. The van der Waals surface area contributed by atoms with E-state index in [0.29, 0.717) is 23.0 Å². The Hall–Kier alpha value is -1.40. The van der Waals surface area contributed by atoms with E-state index in [0.717, 1.165) is 24.1 Å². The van der Waals surface area contributed by atoms with Crippen LogP contribution in [-0.4, -0.2) is 33.3 Å². The molecule has 1 aliphatic rings. The van der Waals surface area contributed by atoms with Crippen molar-refractivity contribution in [1.82, 2.24) is 4.90 Å². The fourth-order valence-electron chi connectivity index (χ4n) is 2.32. The predicted octanol–water partition coefficient (Wildman–Crippen LogP) is 3.27. The summed E-state index contributed by atoms with van der Waals surface area (Å²) in [6, 6.07) is 5.97. The number of anilines is 1. The molecule has 118 valence electrons. The van der Waals surface area contributed by atoms with Crippen molar-refractivity contribution in [3.63, 3.8) is 0 Å². The Morgan fingerprint density at radius 3 is 2.77 bits per heavy atom. The van der Waals surface area contributed by atoms with Gasteiger partial charge in [0.05, 0.1) is 5.75 Å². The molecule has 0 atom stereocenters. The average Bonchev–Trinajstić information content (AvgIpc) is 2.78. The number of unbranched alkanes of at least 4 members (excludes halogenated alkanes) is 1. The highest BCUT2D eigenvalue weighted by molar-refractivity contribution is 8.23. The van der Waals surface area contributed by atoms with Crippen LogP contribution in [0.4, 0.5) is 5.69 Å². The number of benzene rings is 1. The third kappa shape index (κ3) is 4.55. The molecular formula is C16H20N2O2S2. The van der Waals surface area contributed by atoms with Crippen LogP contribution in [-0.2, 0) is 9.59 Å². The maximum atomic E-state index is 12.0. The largest absolute Gasteiger partial charge is 0.326 e. The Balaban J connectivity index is 1.72. The smallest absolute Gasteiger partial charge is 0.238 e. The molecule has 0 aromatic heterocycles. The van der Waals surface area contributed by atoms with Gasteiger partial charge in [0.25, 0.3) is 0 Å². The lowest BCUT2D eigenvalue weighted by Gasteiger charge is -2.14. The lowest BCUT2D eigenvalue weighted by Crippen LogP contribution is -2.29. The topological polar surface area (TPSA) is 49.4 Å². The van der Waals surface area contributed by atoms with Gasteiger partial charge in [0.15, 0.2) is 0 Å². The van der Waals surface area contributed by atoms with Crippen LogP contribution in [0.15, 0.2) is 18.2 Å². The number of aryl methyl sites for hydroxylation is 2. The maximum Gasteiger partial charge on any atom is 0.238 e. The van der Waals surface area contributed by atoms with E-state index in [-0.39, 0.29) is 11.8 Å². The minimum Gasteiger partial charge on any atom is -0.326 e. The molecule has 1 heterocycles. The Morgan fingerprint density at radius 1 is 1.36 bits per heavy atom. The maximum absolute atomic E-state index is 12.0. The SMILES string of the molecule is Cc1ccc(NC(=O)CCCCN2C(=O)CSC2=S)c(C)c1. The Labute approximate surface area is 140 Å². The molecule has 6 heteroatoms. The standard InChI is InChI=1S/C16H20N2O2S2/c1-11-6-7-13(12(2)9-11)17-14(19)5-3-4-8-18-15(20)10-22-16(18)21/h6-7,9H,3-5,8,10H2,1-2H3,(H,17,19). The van der Waals surface area contributed by atoms with Crippen molar-refractivity contribution < 1.29 is 9.59 Å².